The number of furan rings is 1. The molecular formula is C56H36O. The summed E-state index contributed by atoms with van der Waals surface area (Å²) in [6.45, 7) is 0. The number of hydrogen-bond acceptors (Lipinski definition) is 1. The Labute approximate surface area is 343 Å². The Morgan fingerprint density at radius 1 is 0.298 bits per heavy atom. The van der Waals surface area contributed by atoms with Crippen molar-refractivity contribution >= 4 is 43.5 Å². The highest BCUT2D eigenvalue weighted by Gasteiger charge is 2.22. The van der Waals surface area contributed by atoms with Crippen molar-refractivity contribution in [3.8, 4) is 66.8 Å². The van der Waals surface area contributed by atoms with Crippen LogP contribution in [0.15, 0.2) is 223 Å². The lowest BCUT2D eigenvalue weighted by atomic mass is 9.81. The molecule has 0 N–H and O–H groups in total. The van der Waals surface area contributed by atoms with Gasteiger partial charge in [-0.05, 0) is 88.8 Å². The van der Waals surface area contributed by atoms with Gasteiger partial charge in [-0.15, -0.1) is 0 Å². The van der Waals surface area contributed by atoms with E-state index >= 15 is 0 Å². The van der Waals surface area contributed by atoms with Crippen LogP contribution in [0.25, 0.3) is 110 Å². The zero-order valence-electron chi connectivity index (χ0n) is 38.6. The Hall–Kier alpha value is -7.48. The molecule has 0 unspecified atom stereocenters. The Bertz CT molecular complexity index is 3580. The van der Waals surface area contributed by atoms with Crippen LogP contribution in [0.2, 0.25) is 0 Å². The van der Waals surface area contributed by atoms with Gasteiger partial charge < -0.3 is 4.42 Å². The summed E-state index contributed by atoms with van der Waals surface area (Å²) in [5, 5.41) is 2.56. The summed E-state index contributed by atoms with van der Waals surface area (Å²) in [5.41, 5.74) is 10.2. The number of para-hydroxylation sites is 1. The van der Waals surface area contributed by atoms with E-state index in [0.717, 1.165) is 66.4 Å². The second-order valence-corrected chi connectivity index (χ2v) is 14.1. The summed E-state index contributed by atoms with van der Waals surface area (Å²) in [7, 11) is 0. The van der Waals surface area contributed by atoms with Gasteiger partial charge in [-0.3, -0.25) is 0 Å². The maximum Gasteiger partial charge on any atom is 0.143 e. The zero-order chi connectivity index (χ0) is 44.7. The van der Waals surface area contributed by atoms with Crippen LogP contribution in [-0.2, 0) is 0 Å². The second kappa shape index (κ2) is 13.7. The van der Waals surface area contributed by atoms with Crippen molar-refractivity contribution < 1.29 is 15.4 Å². The highest BCUT2D eigenvalue weighted by atomic mass is 16.3. The third-order valence-electron chi connectivity index (χ3n) is 11.0. The third-order valence-corrected chi connectivity index (χ3v) is 11.0. The van der Waals surface area contributed by atoms with Gasteiger partial charge in [-0.1, -0.05) is 212 Å². The molecule has 0 aliphatic heterocycles. The number of rotatable bonds is 6. The van der Waals surface area contributed by atoms with Gasteiger partial charge in [0.2, 0.25) is 0 Å². The molecule has 0 saturated carbocycles. The standard InChI is InChI=1S/C56H36O/c1-4-17-37(18-5-1)43-27-14-28-44(38-19-6-2-7-20-38)54(43)55-48-25-12-10-23-46(48)52(47-24-11-13-26-49(47)55)41-35-33-40(34-36-41)42-29-16-32-51-53(42)50-31-15-30-45(56(50)57-51)39-21-8-3-9-22-39/h1-36H/i10D,11D,12D,13D,23D,24D,25D,26D. The van der Waals surface area contributed by atoms with Crippen LogP contribution >= 0.6 is 0 Å². The van der Waals surface area contributed by atoms with E-state index in [1.54, 1.807) is 0 Å². The lowest BCUT2D eigenvalue weighted by molar-refractivity contribution is 0.670. The molecule has 0 atom stereocenters. The first-order valence-corrected chi connectivity index (χ1v) is 18.9. The van der Waals surface area contributed by atoms with Gasteiger partial charge >= 0.3 is 0 Å². The van der Waals surface area contributed by atoms with Gasteiger partial charge in [0.25, 0.3) is 0 Å². The molecule has 57 heavy (non-hydrogen) atoms. The molecule has 11 aromatic rings. The Balaban J connectivity index is 1.24. The van der Waals surface area contributed by atoms with Gasteiger partial charge in [0.1, 0.15) is 11.2 Å². The highest BCUT2D eigenvalue weighted by molar-refractivity contribution is 6.24. The van der Waals surface area contributed by atoms with Crippen LogP contribution < -0.4 is 0 Å². The molecule has 1 nitrogen and oxygen atoms in total. The van der Waals surface area contributed by atoms with E-state index in [9.17, 15) is 5.48 Å². The van der Waals surface area contributed by atoms with Gasteiger partial charge in [-0.2, -0.15) is 0 Å². The summed E-state index contributed by atoms with van der Waals surface area (Å²) >= 11 is 0. The molecule has 0 amide bonds. The van der Waals surface area contributed by atoms with Crippen molar-refractivity contribution in [3.63, 3.8) is 0 Å². The Morgan fingerprint density at radius 2 is 0.719 bits per heavy atom. The van der Waals surface area contributed by atoms with Gasteiger partial charge in [-0.25, -0.2) is 0 Å². The van der Waals surface area contributed by atoms with E-state index in [-0.39, 0.29) is 45.7 Å². The maximum absolute atomic E-state index is 9.67. The van der Waals surface area contributed by atoms with Crippen molar-refractivity contribution in [2.24, 2.45) is 0 Å². The van der Waals surface area contributed by atoms with Crippen molar-refractivity contribution in [1.29, 1.82) is 0 Å². The average Bonchev–Trinajstić information content (AvgIpc) is 3.75. The summed E-state index contributed by atoms with van der Waals surface area (Å²) in [5.74, 6) is 0. The van der Waals surface area contributed by atoms with Gasteiger partial charge in [0.05, 0.1) is 11.0 Å². The minimum absolute atomic E-state index is 0.162. The predicted octanol–water partition coefficient (Wildman–Crippen LogP) is 15.9. The number of benzene rings is 10. The molecule has 10 aromatic carbocycles. The normalized spacial score (nSPS) is 13.5. The van der Waals surface area contributed by atoms with Crippen LogP contribution in [-0.4, -0.2) is 0 Å². The molecule has 0 aliphatic carbocycles. The predicted molar refractivity (Wildman–Crippen MR) is 241 cm³/mol. The van der Waals surface area contributed by atoms with E-state index in [1.807, 2.05) is 146 Å². The van der Waals surface area contributed by atoms with E-state index in [0.29, 0.717) is 22.3 Å². The number of fused-ring (bicyclic) bond motifs is 5. The fourth-order valence-electron chi connectivity index (χ4n) is 8.45. The largest absolute Gasteiger partial charge is 0.455 e. The first-order chi connectivity index (χ1) is 31.6. The van der Waals surface area contributed by atoms with Crippen molar-refractivity contribution in [3.05, 3.63) is 218 Å². The quantitative estimate of drug-likeness (QED) is 0.155. The fraction of sp³-hybridized carbons (Fsp3) is 0. The van der Waals surface area contributed by atoms with E-state index in [4.69, 9.17) is 9.90 Å². The van der Waals surface area contributed by atoms with Crippen molar-refractivity contribution in [2.75, 3.05) is 0 Å². The lowest BCUT2D eigenvalue weighted by Crippen LogP contribution is -1.95. The highest BCUT2D eigenvalue weighted by Crippen LogP contribution is 2.49. The van der Waals surface area contributed by atoms with E-state index in [1.165, 1.54) is 0 Å². The van der Waals surface area contributed by atoms with Crippen molar-refractivity contribution in [1.82, 2.24) is 0 Å². The SMILES string of the molecule is [2H]c1c([2H])c([2H])c2c(-c3c(-c4ccccc4)cccc3-c3ccccc3)c3c([2H])c([2H])c([2H])c([2H])c3c(-c3ccc(-c4cccc5oc6c(-c7ccccc7)cccc6c45)cc3)c2c1[2H]. The zero-order valence-corrected chi connectivity index (χ0v) is 30.6. The minimum atomic E-state index is -0.445. The molecule has 0 saturated heterocycles. The first-order valence-electron chi connectivity index (χ1n) is 22.9. The summed E-state index contributed by atoms with van der Waals surface area (Å²) in [6, 6.07) is 52.1. The van der Waals surface area contributed by atoms with Crippen LogP contribution in [0.3, 0.4) is 0 Å². The molecule has 0 fully saturated rings. The molecular weight excluding hydrogens is 689 g/mol. The summed E-state index contributed by atoms with van der Waals surface area (Å²) in [4.78, 5) is 0. The van der Waals surface area contributed by atoms with Crippen LogP contribution in [0.4, 0.5) is 0 Å². The van der Waals surface area contributed by atoms with E-state index < -0.39 is 24.2 Å². The topological polar surface area (TPSA) is 13.1 Å². The molecule has 0 aliphatic rings. The summed E-state index contributed by atoms with van der Waals surface area (Å²) < 4.78 is 81.3. The lowest BCUT2D eigenvalue weighted by Gasteiger charge is -2.22. The van der Waals surface area contributed by atoms with Crippen molar-refractivity contribution in [2.45, 2.75) is 0 Å². The smallest absolute Gasteiger partial charge is 0.143 e. The monoisotopic (exact) mass is 732 g/mol. The molecule has 1 heterocycles. The van der Waals surface area contributed by atoms with Crippen LogP contribution in [0, 0.1) is 0 Å². The molecule has 1 aromatic heterocycles. The maximum atomic E-state index is 9.67. The molecule has 0 radical (unpaired) electrons. The Morgan fingerprint density at radius 3 is 1.28 bits per heavy atom. The van der Waals surface area contributed by atoms with Gasteiger partial charge in [0.15, 0.2) is 0 Å². The van der Waals surface area contributed by atoms with Crippen LogP contribution in [0.5, 0.6) is 0 Å². The minimum Gasteiger partial charge on any atom is -0.455 e. The summed E-state index contributed by atoms with van der Waals surface area (Å²) in [6.07, 6.45) is 0. The fourth-order valence-corrected chi connectivity index (χ4v) is 8.45. The Kier molecular flexibility index (Phi) is 6.13. The molecule has 0 spiro atoms. The first kappa shape index (κ1) is 25.6. The average molecular weight is 733 g/mol. The van der Waals surface area contributed by atoms with Gasteiger partial charge in [0, 0.05) is 16.3 Å². The third kappa shape index (κ3) is 5.47. The molecule has 266 valence electrons. The van der Waals surface area contributed by atoms with Crippen LogP contribution in [0.1, 0.15) is 11.0 Å². The molecule has 1 heteroatoms. The molecule has 11 rings (SSSR count). The molecule has 0 bridgehead atoms. The second-order valence-electron chi connectivity index (χ2n) is 14.1. The van der Waals surface area contributed by atoms with E-state index in [2.05, 4.69) is 24.3 Å². The number of hydrogen-bond donors (Lipinski definition) is 0.